The molecule has 0 aliphatic rings. The molecule has 0 heterocycles. The minimum Gasteiger partial charge on any atom is -0.378 e. The Morgan fingerprint density at radius 1 is 1.33 bits per heavy atom. The number of carbonyl (C=O) groups excluding carboxylic acids is 1. The summed E-state index contributed by atoms with van der Waals surface area (Å²) in [7, 11) is 0. The Morgan fingerprint density at radius 3 is 2.53 bits per heavy atom. The average molecular weight is 218 g/mol. The van der Waals surface area contributed by atoms with Crippen molar-refractivity contribution in [1.82, 2.24) is 5.32 Å². The monoisotopic (exact) mass is 218 g/mol. The van der Waals surface area contributed by atoms with Gasteiger partial charge in [-0.1, -0.05) is 0 Å². The fraction of sp³-hybridized carbons (Fsp3) is 0.900. The van der Waals surface area contributed by atoms with Crippen LogP contribution in [-0.2, 0) is 14.3 Å². The van der Waals surface area contributed by atoms with E-state index < -0.39 is 0 Å². The van der Waals surface area contributed by atoms with Crippen molar-refractivity contribution in [3.05, 3.63) is 0 Å². The smallest absolute Gasteiger partial charge is 0.246 e. The van der Waals surface area contributed by atoms with Gasteiger partial charge >= 0.3 is 0 Å². The number of hydrogen-bond acceptors (Lipinski definition) is 4. The summed E-state index contributed by atoms with van der Waals surface area (Å²) in [6, 6.07) is 0. The molecule has 0 saturated carbocycles. The molecule has 0 aromatic rings. The third-order valence-electron chi connectivity index (χ3n) is 1.47. The number of amides is 1. The third-order valence-corrected chi connectivity index (χ3v) is 1.47. The summed E-state index contributed by atoms with van der Waals surface area (Å²) in [5.74, 6) is -0.124. The Kier molecular flexibility index (Phi) is 7.29. The van der Waals surface area contributed by atoms with Gasteiger partial charge in [-0.25, -0.2) is 0 Å². The topological polar surface area (TPSA) is 73.6 Å². The summed E-state index contributed by atoms with van der Waals surface area (Å²) in [6.45, 7) is 7.81. The van der Waals surface area contributed by atoms with Crippen molar-refractivity contribution in [2.45, 2.75) is 26.4 Å². The van der Waals surface area contributed by atoms with E-state index in [0.29, 0.717) is 26.3 Å². The van der Waals surface area contributed by atoms with Crippen LogP contribution in [0.25, 0.3) is 0 Å². The molecule has 0 unspecified atom stereocenters. The van der Waals surface area contributed by atoms with Crippen LogP contribution in [0.5, 0.6) is 0 Å². The fourth-order valence-corrected chi connectivity index (χ4v) is 0.781. The lowest BCUT2D eigenvalue weighted by Crippen LogP contribution is -2.34. The molecule has 0 saturated heterocycles. The maximum atomic E-state index is 11.2. The maximum Gasteiger partial charge on any atom is 0.246 e. The molecule has 90 valence electrons. The molecule has 0 aliphatic heterocycles. The number of ether oxygens (including phenoxy) is 2. The van der Waals surface area contributed by atoms with Gasteiger partial charge in [0, 0.05) is 13.1 Å². The van der Waals surface area contributed by atoms with Gasteiger partial charge in [-0.15, -0.1) is 0 Å². The Balaban J connectivity index is 3.34. The van der Waals surface area contributed by atoms with Crippen LogP contribution in [0.1, 0.15) is 20.8 Å². The van der Waals surface area contributed by atoms with Crippen LogP contribution in [0, 0.1) is 0 Å². The van der Waals surface area contributed by atoms with Gasteiger partial charge in [0.2, 0.25) is 5.91 Å². The number of carbonyl (C=O) groups is 1. The highest BCUT2D eigenvalue weighted by Gasteiger charge is 2.12. The zero-order chi connectivity index (χ0) is 11.7. The first kappa shape index (κ1) is 14.3. The molecule has 0 spiro atoms. The molecule has 1 amide bonds. The summed E-state index contributed by atoms with van der Waals surface area (Å²) in [4.78, 5) is 11.2. The highest BCUT2D eigenvalue weighted by Crippen LogP contribution is 2.05. The molecule has 0 aromatic carbocycles. The van der Waals surface area contributed by atoms with Crippen molar-refractivity contribution >= 4 is 5.91 Å². The van der Waals surface area contributed by atoms with E-state index >= 15 is 0 Å². The lowest BCUT2D eigenvalue weighted by atomic mass is 10.2. The number of nitrogens with two attached hydrogens (primary N) is 1. The number of hydrogen-bond donors (Lipinski definition) is 2. The van der Waals surface area contributed by atoms with E-state index in [1.165, 1.54) is 0 Å². The van der Waals surface area contributed by atoms with E-state index in [4.69, 9.17) is 15.2 Å². The second kappa shape index (κ2) is 7.62. The summed E-state index contributed by atoms with van der Waals surface area (Å²) in [5, 5.41) is 2.68. The van der Waals surface area contributed by atoms with Crippen LogP contribution in [0.3, 0.4) is 0 Å². The molecule has 5 nitrogen and oxygen atoms in total. The van der Waals surface area contributed by atoms with Crippen molar-refractivity contribution in [2.75, 3.05) is 32.9 Å². The van der Waals surface area contributed by atoms with Crippen molar-refractivity contribution in [2.24, 2.45) is 5.73 Å². The van der Waals surface area contributed by atoms with Crippen LogP contribution in [0.4, 0.5) is 0 Å². The van der Waals surface area contributed by atoms with Crippen molar-refractivity contribution in [1.29, 1.82) is 0 Å². The van der Waals surface area contributed by atoms with Gasteiger partial charge in [-0.2, -0.15) is 0 Å². The van der Waals surface area contributed by atoms with Crippen LogP contribution in [0.15, 0.2) is 0 Å². The van der Waals surface area contributed by atoms with Crippen molar-refractivity contribution in [3.8, 4) is 0 Å². The standard InChI is InChI=1S/C10H22N2O3/c1-10(2,3)15-8-9(13)12-5-7-14-6-4-11/h4-8,11H2,1-3H3,(H,12,13). The molecular weight excluding hydrogens is 196 g/mol. The third kappa shape index (κ3) is 11.3. The number of nitrogens with one attached hydrogen (secondary N) is 1. The Labute approximate surface area is 91.3 Å². The largest absolute Gasteiger partial charge is 0.378 e. The number of rotatable bonds is 7. The molecule has 0 radical (unpaired) electrons. The lowest BCUT2D eigenvalue weighted by Gasteiger charge is -2.18. The van der Waals surface area contributed by atoms with Crippen LogP contribution in [-0.4, -0.2) is 44.4 Å². The second-order valence-corrected chi connectivity index (χ2v) is 4.15. The van der Waals surface area contributed by atoms with Gasteiger partial charge < -0.3 is 20.5 Å². The summed E-state index contributed by atoms with van der Waals surface area (Å²) >= 11 is 0. The second-order valence-electron chi connectivity index (χ2n) is 4.15. The molecule has 0 atom stereocenters. The van der Waals surface area contributed by atoms with Crippen LogP contribution < -0.4 is 11.1 Å². The molecule has 0 fully saturated rings. The molecule has 0 aliphatic carbocycles. The molecular formula is C10H22N2O3. The van der Waals surface area contributed by atoms with Crippen LogP contribution in [0.2, 0.25) is 0 Å². The molecule has 0 bridgehead atoms. The minimum absolute atomic E-state index is 0.0837. The Morgan fingerprint density at radius 2 is 2.00 bits per heavy atom. The average Bonchev–Trinajstić information content (AvgIpc) is 2.13. The highest BCUT2D eigenvalue weighted by atomic mass is 16.5. The van der Waals surface area contributed by atoms with E-state index in [1.807, 2.05) is 20.8 Å². The summed E-state index contributed by atoms with van der Waals surface area (Å²) in [6.07, 6.45) is 0. The zero-order valence-electron chi connectivity index (χ0n) is 9.84. The van der Waals surface area contributed by atoms with E-state index in [1.54, 1.807) is 0 Å². The van der Waals surface area contributed by atoms with E-state index in [0.717, 1.165) is 0 Å². The normalized spacial score (nSPS) is 11.5. The van der Waals surface area contributed by atoms with Gasteiger partial charge in [0.05, 0.1) is 18.8 Å². The Hall–Kier alpha value is -0.650. The fourth-order valence-electron chi connectivity index (χ4n) is 0.781. The first-order valence-corrected chi connectivity index (χ1v) is 5.14. The zero-order valence-corrected chi connectivity index (χ0v) is 9.84. The molecule has 5 heteroatoms. The predicted octanol–water partition coefficient (Wildman–Crippen LogP) is -0.107. The SMILES string of the molecule is CC(C)(C)OCC(=O)NCCOCCN. The van der Waals surface area contributed by atoms with Gasteiger partial charge in [0.15, 0.2) is 0 Å². The highest BCUT2D eigenvalue weighted by molar-refractivity contribution is 5.77. The molecule has 0 aromatic heterocycles. The lowest BCUT2D eigenvalue weighted by molar-refractivity contribution is -0.130. The van der Waals surface area contributed by atoms with E-state index in [-0.39, 0.29) is 18.1 Å². The van der Waals surface area contributed by atoms with Crippen molar-refractivity contribution in [3.63, 3.8) is 0 Å². The predicted molar refractivity (Wildman–Crippen MR) is 58.6 cm³/mol. The minimum atomic E-state index is -0.284. The quantitative estimate of drug-likeness (QED) is 0.585. The van der Waals surface area contributed by atoms with Gasteiger partial charge in [0.1, 0.15) is 6.61 Å². The summed E-state index contributed by atoms with van der Waals surface area (Å²) in [5.41, 5.74) is 4.95. The molecule has 0 rings (SSSR count). The molecule has 15 heavy (non-hydrogen) atoms. The van der Waals surface area contributed by atoms with E-state index in [9.17, 15) is 4.79 Å². The first-order valence-electron chi connectivity index (χ1n) is 5.14. The maximum absolute atomic E-state index is 11.2. The van der Waals surface area contributed by atoms with Crippen molar-refractivity contribution < 1.29 is 14.3 Å². The van der Waals surface area contributed by atoms with E-state index in [2.05, 4.69) is 5.32 Å². The van der Waals surface area contributed by atoms with Gasteiger partial charge in [-0.3, -0.25) is 4.79 Å². The van der Waals surface area contributed by atoms with Gasteiger partial charge in [-0.05, 0) is 20.8 Å². The van der Waals surface area contributed by atoms with Gasteiger partial charge in [0.25, 0.3) is 0 Å². The Bertz CT molecular complexity index is 178. The van der Waals surface area contributed by atoms with Crippen LogP contribution >= 0.6 is 0 Å². The first-order chi connectivity index (χ1) is 6.95. The molecule has 3 N–H and O–H groups in total. The summed E-state index contributed by atoms with van der Waals surface area (Å²) < 4.78 is 10.4.